The zero-order valence-corrected chi connectivity index (χ0v) is 13.8. The number of carbonyl (C=O) groups is 2. The van der Waals surface area contributed by atoms with Crippen molar-refractivity contribution in [3.63, 3.8) is 0 Å². The van der Waals surface area contributed by atoms with Gasteiger partial charge < -0.3 is 14.4 Å². The zero-order valence-electron chi connectivity index (χ0n) is 13.8. The van der Waals surface area contributed by atoms with E-state index >= 15 is 0 Å². The summed E-state index contributed by atoms with van der Waals surface area (Å²) in [5.41, 5.74) is 1.45. The summed E-state index contributed by atoms with van der Waals surface area (Å²) in [5, 5.41) is 0. The van der Waals surface area contributed by atoms with Gasteiger partial charge in [0.15, 0.2) is 0 Å². The van der Waals surface area contributed by atoms with Crippen molar-refractivity contribution in [2.45, 2.75) is 32.9 Å². The van der Waals surface area contributed by atoms with E-state index < -0.39 is 17.7 Å². The van der Waals surface area contributed by atoms with Crippen LogP contribution in [-0.2, 0) is 16.0 Å². The highest BCUT2D eigenvalue weighted by Gasteiger charge is 2.20. The van der Waals surface area contributed by atoms with Crippen LogP contribution in [0.2, 0.25) is 0 Å². The fourth-order valence-electron chi connectivity index (χ4n) is 1.85. The van der Waals surface area contributed by atoms with E-state index in [4.69, 9.17) is 9.47 Å². The molecule has 5 heteroatoms. The van der Waals surface area contributed by atoms with E-state index in [1.807, 2.05) is 20.8 Å². The van der Waals surface area contributed by atoms with Crippen LogP contribution in [0.15, 0.2) is 24.8 Å². The molecule has 0 saturated carbocycles. The summed E-state index contributed by atoms with van der Waals surface area (Å²) < 4.78 is 10.0. The quantitative estimate of drug-likeness (QED) is 0.799. The smallest absolute Gasteiger partial charge is 0.410 e. The van der Waals surface area contributed by atoms with Gasteiger partial charge in [-0.15, -0.1) is 0 Å². The van der Waals surface area contributed by atoms with E-state index in [9.17, 15) is 9.59 Å². The Balaban J connectivity index is 2.88. The summed E-state index contributed by atoms with van der Waals surface area (Å²) in [7, 11) is 3.00. The van der Waals surface area contributed by atoms with Crippen LogP contribution >= 0.6 is 0 Å². The lowest BCUT2D eigenvalue weighted by Crippen LogP contribution is -2.33. The van der Waals surface area contributed by atoms with Crippen LogP contribution < -0.4 is 0 Å². The maximum Gasteiger partial charge on any atom is 0.410 e. The molecule has 0 aliphatic carbocycles. The minimum Gasteiger partial charge on any atom is -0.465 e. The predicted octanol–water partition coefficient (Wildman–Crippen LogP) is 3.48. The van der Waals surface area contributed by atoms with Gasteiger partial charge in [-0.05, 0) is 44.0 Å². The number of rotatable bonds is 4. The molecule has 22 heavy (non-hydrogen) atoms. The molecule has 0 fully saturated rings. The SMILES string of the molecule is C=Cc1cc(CN(C)C(=O)OC(C)(C)C)ccc1C(=O)OC. The van der Waals surface area contributed by atoms with Crippen molar-refractivity contribution >= 4 is 18.1 Å². The highest BCUT2D eigenvalue weighted by atomic mass is 16.6. The molecule has 1 rings (SSSR count). The molecule has 0 aromatic heterocycles. The standard InChI is InChI=1S/C17H23NO4/c1-7-13-10-12(8-9-14(13)15(19)21-6)11-18(5)16(20)22-17(2,3)4/h7-10H,1,11H2,2-6H3. The Morgan fingerprint density at radius 2 is 1.95 bits per heavy atom. The lowest BCUT2D eigenvalue weighted by Gasteiger charge is -2.24. The third-order valence-corrected chi connectivity index (χ3v) is 2.87. The van der Waals surface area contributed by atoms with Gasteiger partial charge in [0.1, 0.15) is 5.60 Å². The van der Waals surface area contributed by atoms with E-state index in [0.717, 1.165) is 5.56 Å². The molecule has 120 valence electrons. The van der Waals surface area contributed by atoms with Gasteiger partial charge in [0.2, 0.25) is 0 Å². The van der Waals surface area contributed by atoms with Crippen LogP contribution in [0.3, 0.4) is 0 Å². The molecular formula is C17H23NO4. The Labute approximate surface area is 131 Å². The van der Waals surface area contributed by atoms with Gasteiger partial charge in [-0.25, -0.2) is 9.59 Å². The Morgan fingerprint density at radius 3 is 2.45 bits per heavy atom. The van der Waals surface area contributed by atoms with Crippen molar-refractivity contribution in [1.82, 2.24) is 4.90 Å². The summed E-state index contributed by atoms with van der Waals surface area (Å²) >= 11 is 0. The van der Waals surface area contributed by atoms with E-state index in [1.54, 1.807) is 31.3 Å². The van der Waals surface area contributed by atoms with Crippen molar-refractivity contribution < 1.29 is 19.1 Å². The molecule has 0 N–H and O–H groups in total. The van der Waals surface area contributed by atoms with E-state index in [-0.39, 0.29) is 0 Å². The van der Waals surface area contributed by atoms with E-state index in [2.05, 4.69) is 6.58 Å². The second-order valence-electron chi connectivity index (χ2n) is 5.95. The Bertz CT molecular complexity index is 573. The number of benzene rings is 1. The van der Waals surface area contributed by atoms with Gasteiger partial charge in [-0.3, -0.25) is 0 Å². The summed E-state index contributed by atoms with van der Waals surface area (Å²) in [6.07, 6.45) is 1.19. The maximum atomic E-state index is 11.9. The van der Waals surface area contributed by atoms with Gasteiger partial charge in [0.25, 0.3) is 0 Å². The van der Waals surface area contributed by atoms with Crippen LogP contribution in [0.25, 0.3) is 6.08 Å². The second kappa shape index (κ2) is 7.11. The summed E-state index contributed by atoms with van der Waals surface area (Å²) in [5.74, 6) is -0.415. The molecule has 0 atom stereocenters. The largest absolute Gasteiger partial charge is 0.465 e. The highest BCUT2D eigenvalue weighted by Crippen LogP contribution is 2.17. The van der Waals surface area contributed by atoms with Gasteiger partial charge in [-0.1, -0.05) is 18.7 Å². The van der Waals surface area contributed by atoms with E-state index in [0.29, 0.717) is 17.7 Å². The van der Waals surface area contributed by atoms with Crippen LogP contribution in [0.5, 0.6) is 0 Å². The number of ether oxygens (including phenoxy) is 2. The average Bonchev–Trinajstić information content (AvgIpc) is 2.44. The van der Waals surface area contributed by atoms with Gasteiger partial charge in [0.05, 0.1) is 12.7 Å². The third-order valence-electron chi connectivity index (χ3n) is 2.87. The summed E-state index contributed by atoms with van der Waals surface area (Å²) in [4.78, 5) is 25.1. The molecule has 1 aromatic rings. The third kappa shape index (κ3) is 4.91. The number of hydrogen-bond acceptors (Lipinski definition) is 4. The lowest BCUT2D eigenvalue weighted by molar-refractivity contribution is 0.0284. The minimum absolute atomic E-state index is 0.372. The molecule has 0 saturated heterocycles. The lowest BCUT2D eigenvalue weighted by atomic mass is 10.0. The number of carbonyl (C=O) groups excluding carboxylic acids is 2. The number of nitrogens with zero attached hydrogens (tertiary/aromatic N) is 1. The molecule has 0 aliphatic rings. The first-order chi connectivity index (χ1) is 10.2. The number of hydrogen-bond donors (Lipinski definition) is 0. The van der Waals surface area contributed by atoms with E-state index in [1.165, 1.54) is 12.0 Å². The topological polar surface area (TPSA) is 55.8 Å². The Morgan fingerprint density at radius 1 is 1.32 bits per heavy atom. The molecule has 0 aliphatic heterocycles. The van der Waals surface area contributed by atoms with Crippen molar-refractivity contribution in [1.29, 1.82) is 0 Å². The molecular weight excluding hydrogens is 282 g/mol. The van der Waals surface area contributed by atoms with Crippen molar-refractivity contribution in [3.8, 4) is 0 Å². The zero-order chi connectivity index (χ0) is 16.9. The summed E-state index contributed by atoms with van der Waals surface area (Å²) in [6.45, 7) is 9.53. The Hall–Kier alpha value is -2.30. The normalized spacial score (nSPS) is 10.8. The molecule has 0 radical (unpaired) electrons. The monoisotopic (exact) mass is 305 g/mol. The minimum atomic E-state index is -0.535. The summed E-state index contributed by atoms with van der Waals surface area (Å²) in [6, 6.07) is 5.25. The van der Waals surface area contributed by atoms with Crippen LogP contribution in [-0.4, -0.2) is 36.7 Å². The molecule has 0 unspecified atom stereocenters. The van der Waals surface area contributed by atoms with Gasteiger partial charge in [-0.2, -0.15) is 0 Å². The highest BCUT2D eigenvalue weighted by molar-refractivity contribution is 5.93. The van der Waals surface area contributed by atoms with Crippen molar-refractivity contribution in [2.24, 2.45) is 0 Å². The number of methoxy groups -OCH3 is 1. The first-order valence-electron chi connectivity index (χ1n) is 6.95. The molecule has 1 amide bonds. The van der Waals surface area contributed by atoms with Crippen LogP contribution in [0.1, 0.15) is 42.3 Å². The molecule has 0 heterocycles. The molecule has 0 spiro atoms. The second-order valence-corrected chi connectivity index (χ2v) is 5.95. The first-order valence-corrected chi connectivity index (χ1v) is 6.95. The van der Waals surface area contributed by atoms with Crippen LogP contribution in [0.4, 0.5) is 4.79 Å². The predicted molar refractivity (Wildman–Crippen MR) is 85.6 cm³/mol. The van der Waals surface area contributed by atoms with Gasteiger partial charge in [0, 0.05) is 13.6 Å². The van der Waals surface area contributed by atoms with Crippen LogP contribution in [0, 0.1) is 0 Å². The van der Waals surface area contributed by atoms with Crippen molar-refractivity contribution in [2.75, 3.05) is 14.2 Å². The first kappa shape index (κ1) is 17.8. The van der Waals surface area contributed by atoms with Gasteiger partial charge >= 0.3 is 12.1 Å². The fraction of sp³-hybridized carbons (Fsp3) is 0.412. The molecule has 1 aromatic carbocycles. The number of esters is 1. The molecule has 5 nitrogen and oxygen atoms in total. The maximum absolute atomic E-state index is 11.9. The fourth-order valence-corrected chi connectivity index (χ4v) is 1.85. The molecule has 0 bridgehead atoms. The number of amides is 1. The average molecular weight is 305 g/mol. The Kier molecular flexibility index (Phi) is 5.74. The van der Waals surface area contributed by atoms with Crippen molar-refractivity contribution in [3.05, 3.63) is 41.5 Å².